The molecule has 628 valence electrons. The lowest BCUT2D eigenvalue weighted by atomic mass is 9.79. The number of fused-ring (bicyclic) bond motifs is 6. The molecule has 5 saturated heterocycles. The molecular weight excluding hydrogens is 1460 g/mol. The normalized spacial score (nSPS) is 22.6. The Bertz CT molecular complexity index is 4790. The molecule has 0 spiro atoms. The van der Waals surface area contributed by atoms with E-state index in [-0.39, 0.29) is 92.4 Å². The summed E-state index contributed by atoms with van der Waals surface area (Å²) >= 11 is 0. The van der Waals surface area contributed by atoms with Gasteiger partial charge in [0.2, 0.25) is 0 Å². The molecule has 1 amide bonds. The maximum Gasteiger partial charge on any atom is 0.282 e. The predicted octanol–water partition coefficient (Wildman–Crippen LogP) is 17.8. The first-order chi connectivity index (χ1) is 57.0. The summed E-state index contributed by atoms with van der Waals surface area (Å²) in [6, 6.07) is 35.4. The van der Waals surface area contributed by atoms with Crippen LogP contribution in [0, 0.1) is 0 Å². The highest BCUT2D eigenvalue weighted by Gasteiger charge is 2.43. The smallest absolute Gasteiger partial charge is 0.282 e. The largest absolute Gasteiger partial charge is 0.343 e. The second-order valence-electron chi connectivity index (χ2n) is 36.0. The zero-order valence-electron chi connectivity index (χ0n) is 70.9. The summed E-state index contributed by atoms with van der Waals surface area (Å²) in [4.78, 5) is 131. The van der Waals surface area contributed by atoms with Crippen molar-refractivity contribution in [3.63, 3.8) is 0 Å². The number of nitrogens with zero attached hydrogens (tertiary/aromatic N) is 13. The average Bonchev–Trinajstić information content (AvgIpc) is 0.760. The summed E-state index contributed by atoms with van der Waals surface area (Å²) in [5.74, 6) is -1.07. The van der Waals surface area contributed by atoms with E-state index < -0.39 is 0 Å². The van der Waals surface area contributed by atoms with Gasteiger partial charge in [-0.15, -0.1) is 0 Å². The van der Waals surface area contributed by atoms with Gasteiger partial charge in [0.05, 0.1) is 44.1 Å². The molecule has 2 bridgehead atoms. The second kappa shape index (κ2) is 40.7. The molecule has 4 aromatic carbocycles. The van der Waals surface area contributed by atoms with E-state index in [2.05, 4.69) is 39.5 Å². The van der Waals surface area contributed by atoms with Crippen LogP contribution in [-0.2, 0) is 0 Å². The number of amides is 1. The van der Waals surface area contributed by atoms with Crippen molar-refractivity contribution < 1.29 is 19.2 Å². The van der Waals surface area contributed by atoms with E-state index in [4.69, 9.17) is 0 Å². The lowest BCUT2D eigenvalue weighted by Crippen LogP contribution is -2.57. The monoisotopic (exact) mass is 1590 g/mol. The topological polar surface area (TPSA) is 224 Å². The lowest BCUT2D eigenvalue weighted by molar-refractivity contribution is -0.0247. The Morgan fingerprint density at radius 3 is 0.778 bits per heavy atom. The Kier molecular flexibility index (Phi) is 29.6. The number of likely N-dealkylation sites (tertiary alicyclic amines) is 3. The molecule has 4 aliphatic carbocycles. The zero-order chi connectivity index (χ0) is 81.5. The van der Waals surface area contributed by atoms with Gasteiger partial charge in [0, 0.05) is 135 Å². The van der Waals surface area contributed by atoms with Crippen molar-refractivity contribution in [1.82, 2.24) is 62.7 Å². The number of aromatic nitrogens is 8. The number of rotatable bonds is 12. The predicted molar refractivity (Wildman–Crippen MR) is 468 cm³/mol. The summed E-state index contributed by atoms with van der Waals surface area (Å²) in [6.07, 6.45) is 49.5. The van der Waals surface area contributed by atoms with Crippen LogP contribution in [0.15, 0.2) is 116 Å². The van der Waals surface area contributed by atoms with Crippen LogP contribution in [0.5, 0.6) is 0 Å². The summed E-state index contributed by atoms with van der Waals surface area (Å²) in [5.41, 5.74) is 5.69. The van der Waals surface area contributed by atoms with E-state index in [0.717, 1.165) is 135 Å². The molecule has 5 aliphatic heterocycles. The highest BCUT2D eigenvalue weighted by atomic mass is 16.2. The van der Waals surface area contributed by atoms with E-state index in [1.807, 2.05) is 115 Å². The van der Waals surface area contributed by atoms with Gasteiger partial charge in [-0.1, -0.05) is 183 Å². The van der Waals surface area contributed by atoms with Gasteiger partial charge in [-0.05, 0) is 164 Å². The van der Waals surface area contributed by atoms with Crippen molar-refractivity contribution in [1.29, 1.82) is 0 Å². The van der Waals surface area contributed by atoms with Gasteiger partial charge in [-0.2, -0.15) is 0 Å². The van der Waals surface area contributed by atoms with Crippen LogP contribution >= 0.6 is 0 Å². The SMILES string of the molecule is CC(=O)c1nc2ccccc2n(C2CCN(C3CCCCCCC3)CC2)c1=O.CC(=O)c1nc2ccccc2n(C2CCN(C3CCCCCCC3)CC2)c1=O.CC(=O)c1nc2ccccc2n(C2C[C@H]3CCC[C@@H](C2)N3C2CCCCCCC2)c1=O.CN(C)C(=O)c1nc2ccccc2n(C2CCN(C3CCCCCCC3)CC2)c1=O. The summed E-state index contributed by atoms with van der Waals surface area (Å²) in [7, 11) is 3.33. The van der Waals surface area contributed by atoms with E-state index in [1.165, 1.54) is 225 Å². The minimum Gasteiger partial charge on any atom is -0.343 e. The van der Waals surface area contributed by atoms with Gasteiger partial charge in [0.1, 0.15) is 0 Å². The van der Waals surface area contributed by atoms with E-state index in [0.29, 0.717) is 35.7 Å². The minimum absolute atomic E-state index is 0.0288. The van der Waals surface area contributed by atoms with Gasteiger partial charge in [-0.3, -0.25) is 43.3 Å². The summed E-state index contributed by atoms with van der Waals surface area (Å²) < 4.78 is 7.50. The molecule has 17 rings (SSSR count). The number of hydrogen-bond acceptors (Lipinski definition) is 16. The number of benzene rings is 4. The Morgan fingerprint density at radius 2 is 0.504 bits per heavy atom. The molecule has 3 atom stereocenters. The number of carbonyl (C=O) groups is 4. The molecule has 0 radical (unpaired) electrons. The summed E-state index contributed by atoms with van der Waals surface area (Å²) in [6.45, 7) is 10.5. The molecular formula is C96H131N13O8. The molecule has 9 aliphatic rings. The third-order valence-corrected chi connectivity index (χ3v) is 28.0. The van der Waals surface area contributed by atoms with Crippen LogP contribution in [0.2, 0.25) is 0 Å². The first-order valence-electron chi connectivity index (χ1n) is 45.8. The fourth-order valence-corrected chi connectivity index (χ4v) is 22.0. The lowest BCUT2D eigenvalue weighted by Gasteiger charge is -2.53. The average molecular weight is 1600 g/mol. The fraction of sp³-hybridized carbons (Fsp3) is 0.625. The molecule has 117 heavy (non-hydrogen) atoms. The highest BCUT2D eigenvalue weighted by Crippen LogP contribution is 2.44. The van der Waals surface area contributed by atoms with Gasteiger partial charge in [0.15, 0.2) is 40.1 Å². The highest BCUT2D eigenvalue weighted by molar-refractivity contribution is 5.96. The third-order valence-electron chi connectivity index (χ3n) is 28.0. The van der Waals surface area contributed by atoms with E-state index in [1.54, 1.807) is 14.1 Å². The Morgan fingerprint density at radius 1 is 0.274 bits per heavy atom. The molecule has 0 N–H and O–H groups in total. The number of hydrogen-bond donors (Lipinski definition) is 0. The van der Waals surface area contributed by atoms with Crippen molar-refractivity contribution in [2.24, 2.45) is 0 Å². The quantitative estimate of drug-likeness (QED) is 0.104. The first-order valence-corrected chi connectivity index (χ1v) is 45.8. The van der Waals surface area contributed by atoms with Crippen molar-refractivity contribution in [2.75, 3.05) is 53.4 Å². The number of Topliss-reactive ketones (excluding diaryl/α,β-unsaturated/α-hetero) is 3. The maximum atomic E-state index is 13.4. The zero-order valence-corrected chi connectivity index (χ0v) is 70.9. The van der Waals surface area contributed by atoms with E-state index >= 15 is 0 Å². The van der Waals surface area contributed by atoms with E-state index in [9.17, 15) is 38.4 Å². The maximum absolute atomic E-state index is 13.4. The Hall–Kier alpha value is -8.24. The van der Waals surface area contributed by atoms with Crippen LogP contribution in [-0.4, -0.2) is 176 Å². The molecule has 1 unspecified atom stereocenters. The standard InChI is InChI=1S/C26H35N3O2.C24H34N4O2.2C23H31N3O2/c1-18(30)25-26(31)29(24-15-8-7-14-23(24)27-25)22-16-20-12-9-13-21(17-22)28(20)19-10-5-3-2-4-6-11-19;1-26(2)23(29)22-24(30)28(21-13-9-8-12-20(21)25-22)19-14-16-27(17-15-19)18-10-6-4-3-5-7-11-18;2*1-17(27)22-23(28)26(21-12-8-7-11-20(21)24-22)19-13-15-25(16-14-19)18-9-5-3-2-4-6-10-18/h7-8,14-15,19-22H,2-6,9-13,16-17H2,1H3;8-9,12-13,18-19H,3-7,10-11,14-17H2,1-2H3;2*7-8,11-12,18-19H,2-6,9-10,13-16H2,1H3/t20-,21+,22?;;;. The van der Waals surface area contributed by atoms with Crippen molar-refractivity contribution in [2.45, 2.75) is 332 Å². The van der Waals surface area contributed by atoms with Gasteiger partial charge < -0.3 is 37.9 Å². The molecule has 21 nitrogen and oxygen atoms in total. The molecule has 9 fully saturated rings. The van der Waals surface area contributed by atoms with Crippen LogP contribution in [0.1, 0.15) is 337 Å². The van der Waals surface area contributed by atoms with Gasteiger partial charge in [0.25, 0.3) is 28.1 Å². The second-order valence-corrected chi connectivity index (χ2v) is 36.0. The van der Waals surface area contributed by atoms with Gasteiger partial charge >= 0.3 is 0 Å². The molecule has 21 heteroatoms. The molecule has 8 aromatic rings. The fourth-order valence-electron chi connectivity index (χ4n) is 22.0. The molecule has 4 aromatic heterocycles. The van der Waals surface area contributed by atoms with Crippen LogP contribution in [0.25, 0.3) is 44.1 Å². The van der Waals surface area contributed by atoms with Gasteiger partial charge in [-0.25, -0.2) is 19.9 Å². The van der Waals surface area contributed by atoms with Crippen LogP contribution in [0.3, 0.4) is 0 Å². The van der Waals surface area contributed by atoms with Crippen LogP contribution < -0.4 is 22.2 Å². The number of carbonyl (C=O) groups excluding carboxylic acids is 4. The van der Waals surface area contributed by atoms with Crippen molar-refractivity contribution in [3.8, 4) is 0 Å². The number of para-hydroxylation sites is 8. The summed E-state index contributed by atoms with van der Waals surface area (Å²) in [5, 5.41) is 0. The minimum atomic E-state index is -0.327. The number of piperidine rings is 5. The third kappa shape index (κ3) is 20.3. The molecule has 4 saturated carbocycles. The Balaban J connectivity index is 0.000000129. The van der Waals surface area contributed by atoms with Crippen molar-refractivity contribution >= 4 is 67.4 Å². The number of ketones is 3. The van der Waals surface area contributed by atoms with Crippen molar-refractivity contribution in [3.05, 3.63) is 161 Å². The first kappa shape index (κ1) is 85.2. The van der Waals surface area contributed by atoms with Crippen LogP contribution in [0.4, 0.5) is 0 Å². The molecule has 9 heterocycles. The Labute approximate surface area is 691 Å².